The fraction of sp³-hybridized carbons (Fsp3) is 0.284. The highest BCUT2D eigenvalue weighted by molar-refractivity contribution is 5.88. The first kappa shape index (κ1) is 68.0. The summed E-state index contributed by atoms with van der Waals surface area (Å²) >= 11 is 0. The molecule has 0 aromatic heterocycles. The van der Waals surface area contributed by atoms with Crippen molar-refractivity contribution in [2.24, 2.45) is 0 Å². The molecule has 0 aliphatic heterocycles. The Balaban J connectivity index is 0.000000216. The molecule has 0 aliphatic carbocycles. The zero-order valence-corrected chi connectivity index (χ0v) is 51.6. The van der Waals surface area contributed by atoms with Gasteiger partial charge < -0.3 is 58.6 Å². The van der Waals surface area contributed by atoms with E-state index in [2.05, 4.69) is 224 Å². The lowest BCUT2D eigenvalue weighted by Gasteiger charge is -2.22. The Morgan fingerprint density at radius 1 is 0.395 bits per heavy atom. The summed E-state index contributed by atoms with van der Waals surface area (Å²) in [6, 6.07) is 72.9. The molecule has 3 atom stereocenters. The molecule has 452 valence electrons. The second-order valence-corrected chi connectivity index (χ2v) is 21.9. The molecule has 12 heteroatoms. The standard InChI is InChI=1S/3C23H27NO.C4H4O4.CH2O2/c3*1-24(2)23(20-13-7-14-21(17-20)25-3)16-8-12-19-11-6-10-18-9-4-5-15-22(18)19;5-3(6)1-2-4(7)8;2-1-3/h3*4-7,9-11,13-15,17,23H,8,12,16H2,1-3H3;1-2H,(H,5,6)(H,7,8);1H,(H,2,3). The van der Waals surface area contributed by atoms with E-state index in [1.54, 1.807) is 21.3 Å². The van der Waals surface area contributed by atoms with Gasteiger partial charge in [-0.1, -0.05) is 164 Å². The minimum atomic E-state index is -1.55. The van der Waals surface area contributed by atoms with Gasteiger partial charge in [-0.25, -0.2) is 0 Å². The van der Waals surface area contributed by atoms with E-state index in [0.29, 0.717) is 30.3 Å². The van der Waals surface area contributed by atoms with Crippen LogP contribution in [-0.2, 0) is 33.6 Å². The maximum atomic E-state index is 9.41. The first-order valence-electron chi connectivity index (χ1n) is 29.5. The van der Waals surface area contributed by atoms with E-state index in [-0.39, 0.29) is 0 Å². The minimum Gasteiger partial charge on any atom is -0.554 e. The van der Waals surface area contributed by atoms with Crippen molar-refractivity contribution in [3.63, 3.8) is 0 Å². The summed E-state index contributed by atoms with van der Waals surface area (Å²) in [5, 5.41) is 35.3. The highest BCUT2D eigenvalue weighted by atomic mass is 16.5. The molecular formula is C74H87N3O9. The number of quaternary nitrogens is 3. The first-order chi connectivity index (χ1) is 41.6. The molecule has 0 radical (unpaired) electrons. The number of ether oxygens (including phenoxy) is 3. The number of fused-ring (bicyclic) bond motifs is 3. The highest BCUT2D eigenvalue weighted by Crippen LogP contribution is 2.28. The predicted octanol–water partition coefficient (Wildman–Crippen LogP) is 7.58. The molecule has 0 heterocycles. The number of aryl methyl sites for hydroxylation is 3. The van der Waals surface area contributed by atoms with Crippen LogP contribution in [0, 0.1) is 0 Å². The van der Waals surface area contributed by atoms with E-state index in [1.165, 1.54) is 119 Å². The average molecular weight is 1160 g/mol. The van der Waals surface area contributed by atoms with E-state index < -0.39 is 18.4 Å². The lowest BCUT2D eigenvalue weighted by molar-refractivity contribution is -0.892. The van der Waals surface area contributed by atoms with Gasteiger partial charge in [-0.3, -0.25) is 0 Å². The number of benzene rings is 9. The van der Waals surface area contributed by atoms with Crippen molar-refractivity contribution >= 4 is 50.7 Å². The lowest BCUT2D eigenvalue weighted by Crippen LogP contribution is -3.06. The molecule has 0 aliphatic rings. The van der Waals surface area contributed by atoms with Crippen LogP contribution in [0.4, 0.5) is 0 Å². The number of carboxylic acid groups (broad SMARTS) is 3. The van der Waals surface area contributed by atoms with Gasteiger partial charge in [0.05, 0.1) is 75.6 Å². The van der Waals surface area contributed by atoms with Gasteiger partial charge in [0.15, 0.2) is 0 Å². The van der Waals surface area contributed by atoms with Crippen LogP contribution < -0.4 is 44.2 Å². The predicted molar refractivity (Wildman–Crippen MR) is 342 cm³/mol. The number of hydrogen-bond donors (Lipinski definition) is 3. The van der Waals surface area contributed by atoms with Gasteiger partial charge in [0.25, 0.3) is 0 Å². The van der Waals surface area contributed by atoms with Crippen LogP contribution in [0.2, 0.25) is 0 Å². The molecule has 0 fully saturated rings. The molecule has 0 saturated heterocycles. The van der Waals surface area contributed by atoms with Gasteiger partial charge in [-0.2, -0.15) is 0 Å². The summed E-state index contributed by atoms with van der Waals surface area (Å²) in [6.07, 6.45) is 11.2. The van der Waals surface area contributed by atoms with Crippen molar-refractivity contribution in [3.05, 3.63) is 246 Å². The molecule has 9 aromatic rings. The number of aliphatic carboxylic acids is 2. The van der Waals surface area contributed by atoms with E-state index in [4.69, 9.17) is 24.1 Å². The normalized spacial score (nSPS) is 11.9. The number of carbonyl (C=O) groups is 3. The third-order valence-corrected chi connectivity index (χ3v) is 15.4. The van der Waals surface area contributed by atoms with Crippen LogP contribution in [0.3, 0.4) is 0 Å². The summed E-state index contributed by atoms with van der Waals surface area (Å²) in [4.78, 5) is 31.5. The minimum absolute atomic E-state index is 0.384. The summed E-state index contributed by atoms with van der Waals surface area (Å²) in [7, 11) is 18.6. The topological polar surface area (TPSA) is 161 Å². The summed E-state index contributed by atoms with van der Waals surface area (Å²) in [5.74, 6) is -0.267. The number of carbonyl (C=O) groups excluding carboxylic acids is 3. The van der Waals surface area contributed by atoms with Gasteiger partial charge in [-0.15, -0.1) is 0 Å². The van der Waals surface area contributed by atoms with Gasteiger partial charge in [0.1, 0.15) is 35.4 Å². The number of methoxy groups -OCH3 is 3. The zero-order valence-electron chi connectivity index (χ0n) is 51.6. The second kappa shape index (κ2) is 36.8. The van der Waals surface area contributed by atoms with Crippen LogP contribution in [0.1, 0.15) is 90.0 Å². The number of hydrogen-bond acceptors (Lipinski definition) is 9. The second-order valence-electron chi connectivity index (χ2n) is 21.9. The fourth-order valence-electron chi connectivity index (χ4n) is 11.1. The molecule has 0 saturated carbocycles. The number of rotatable bonds is 23. The van der Waals surface area contributed by atoms with E-state index in [9.17, 15) is 19.8 Å². The third kappa shape index (κ3) is 22.0. The van der Waals surface area contributed by atoms with Crippen molar-refractivity contribution in [1.29, 1.82) is 0 Å². The third-order valence-electron chi connectivity index (χ3n) is 15.4. The highest BCUT2D eigenvalue weighted by Gasteiger charge is 2.21. The number of nitrogens with one attached hydrogen (secondary N) is 3. The lowest BCUT2D eigenvalue weighted by atomic mass is 9.96. The van der Waals surface area contributed by atoms with Crippen molar-refractivity contribution < 1.29 is 58.6 Å². The Morgan fingerprint density at radius 2 is 0.640 bits per heavy atom. The van der Waals surface area contributed by atoms with Crippen LogP contribution in [-0.4, -0.2) is 82.0 Å². The Kier molecular flexibility index (Phi) is 29.1. The summed E-state index contributed by atoms with van der Waals surface area (Å²) in [5.41, 5.74) is 8.44. The Hall–Kier alpha value is -8.81. The van der Waals surface area contributed by atoms with Crippen LogP contribution in [0.5, 0.6) is 17.2 Å². The molecule has 0 amide bonds. The van der Waals surface area contributed by atoms with Crippen LogP contribution in [0.15, 0.2) is 212 Å². The SMILES string of the molecule is COc1cccc(C(CCCc2cccc3ccccc23)[NH+](C)C)c1.COc1cccc(C(CCCc2cccc3ccccc23)[NH+](C)C)c1.COc1cccc(C(CCCc2cccc3ccccc23)[NH+](C)C)c1.O=C([O-])C=CC(=O)[O-].O=C[O-]. The Morgan fingerprint density at radius 3 is 0.884 bits per heavy atom. The summed E-state index contributed by atoms with van der Waals surface area (Å²) in [6.45, 7) is -0.500. The zero-order chi connectivity index (χ0) is 62.2. The van der Waals surface area contributed by atoms with Gasteiger partial charge in [0.2, 0.25) is 0 Å². The maximum absolute atomic E-state index is 9.41. The maximum Gasteiger partial charge on any atom is 0.119 e. The van der Waals surface area contributed by atoms with Crippen molar-refractivity contribution in [2.75, 3.05) is 63.6 Å². The largest absolute Gasteiger partial charge is 0.554 e. The van der Waals surface area contributed by atoms with Crippen molar-refractivity contribution in [3.8, 4) is 17.2 Å². The van der Waals surface area contributed by atoms with E-state index in [1.807, 2.05) is 18.2 Å². The van der Waals surface area contributed by atoms with Crippen molar-refractivity contribution in [2.45, 2.75) is 75.9 Å². The Labute approximate surface area is 509 Å². The average Bonchev–Trinajstić information content (AvgIpc) is 3.69. The Bertz CT molecular complexity index is 3160. The molecule has 9 rings (SSSR count). The molecular weight excluding hydrogens is 1070 g/mol. The molecule has 0 spiro atoms. The molecule has 86 heavy (non-hydrogen) atoms. The smallest absolute Gasteiger partial charge is 0.119 e. The van der Waals surface area contributed by atoms with Crippen molar-refractivity contribution in [1.82, 2.24) is 0 Å². The molecule has 3 N–H and O–H groups in total. The van der Waals surface area contributed by atoms with E-state index >= 15 is 0 Å². The molecule has 12 nitrogen and oxygen atoms in total. The van der Waals surface area contributed by atoms with Gasteiger partial charge >= 0.3 is 0 Å². The van der Waals surface area contributed by atoms with Crippen LogP contribution >= 0.6 is 0 Å². The number of carboxylic acids is 2. The summed E-state index contributed by atoms with van der Waals surface area (Å²) < 4.78 is 16.2. The van der Waals surface area contributed by atoms with Gasteiger partial charge in [-0.05, 0) is 136 Å². The fourth-order valence-corrected chi connectivity index (χ4v) is 11.1. The monoisotopic (exact) mass is 1160 g/mol. The quantitative estimate of drug-likeness (QED) is 0.0434. The van der Waals surface area contributed by atoms with Crippen LogP contribution in [0.25, 0.3) is 32.3 Å². The van der Waals surface area contributed by atoms with Gasteiger partial charge in [0, 0.05) is 42.4 Å². The molecule has 0 bridgehead atoms. The first-order valence-corrected chi connectivity index (χ1v) is 29.5. The van der Waals surface area contributed by atoms with E-state index in [0.717, 1.165) is 36.5 Å². The molecule has 9 aromatic carbocycles. The molecule has 3 unspecified atom stereocenters.